The molecule has 2 aromatic rings. The summed E-state index contributed by atoms with van der Waals surface area (Å²) >= 11 is 0. The minimum absolute atomic E-state index is 0.0286. The minimum Gasteiger partial charge on any atom is -0.458 e. The Labute approximate surface area is 155 Å². The average molecular weight is 353 g/mol. The maximum Gasteiger partial charge on any atom is 0.316 e. The number of carbonyl (C=O) groups is 1. The summed E-state index contributed by atoms with van der Waals surface area (Å²) < 4.78 is 5.90. The molecule has 1 aromatic heterocycles. The van der Waals surface area contributed by atoms with Gasteiger partial charge in [-0.1, -0.05) is 36.8 Å². The smallest absolute Gasteiger partial charge is 0.316 e. The van der Waals surface area contributed by atoms with E-state index in [0.29, 0.717) is 19.0 Å². The number of benzene rings is 1. The molecule has 0 saturated carbocycles. The van der Waals surface area contributed by atoms with Gasteiger partial charge < -0.3 is 9.64 Å². The quantitative estimate of drug-likeness (QED) is 0.799. The Hall–Kier alpha value is -2.43. The standard InChI is InChI=1S/C21H27N3O2/c1-3-17-13-22-21(23-14-17)26-19-8-5-11-24(15-19)20(25)10-9-18-7-4-6-16(2)12-18/h4,6-7,12-14,19H,3,5,8-11,15H2,1-2H3. The highest BCUT2D eigenvalue weighted by atomic mass is 16.5. The van der Waals surface area contributed by atoms with Crippen LogP contribution in [0.1, 0.15) is 42.9 Å². The SMILES string of the molecule is CCc1cnc(OC2CCCN(C(=O)CCc3cccc(C)c3)C2)nc1. The second-order valence-electron chi connectivity index (χ2n) is 6.94. The van der Waals surface area contributed by atoms with Gasteiger partial charge in [-0.2, -0.15) is 0 Å². The molecule has 0 N–H and O–H groups in total. The molecule has 5 nitrogen and oxygen atoms in total. The fourth-order valence-corrected chi connectivity index (χ4v) is 3.27. The number of aromatic nitrogens is 2. The van der Waals surface area contributed by atoms with Crippen molar-refractivity contribution in [2.75, 3.05) is 13.1 Å². The van der Waals surface area contributed by atoms with Crippen LogP contribution in [0, 0.1) is 6.92 Å². The van der Waals surface area contributed by atoms with Crippen molar-refractivity contribution in [1.82, 2.24) is 14.9 Å². The van der Waals surface area contributed by atoms with Crippen molar-refractivity contribution in [3.63, 3.8) is 0 Å². The summed E-state index contributed by atoms with van der Waals surface area (Å²) in [6.07, 6.45) is 7.69. The van der Waals surface area contributed by atoms with Gasteiger partial charge in [0.2, 0.25) is 5.91 Å². The molecule has 1 amide bonds. The topological polar surface area (TPSA) is 55.3 Å². The molecule has 0 bridgehead atoms. The minimum atomic E-state index is -0.0286. The maximum atomic E-state index is 12.6. The summed E-state index contributed by atoms with van der Waals surface area (Å²) in [7, 11) is 0. The van der Waals surface area contributed by atoms with Crippen LogP contribution in [0.15, 0.2) is 36.7 Å². The Kier molecular flexibility index (Phi) is 6.21. The number of aryl methyl sites for hydroxylation is 3. The van der Waals surface area contributed by atoms with Crippen LogP contribution in [0.2, 0.25) is 0 Å². The van der Waals surface area contributed by atoms with Gasteiger partial charge in [-0.25, -0.2) is 9.97 Å². The molecule has 26 heavy (non-hydrogen) atoms. The first-order valence-corrected chi connectivity index (χ1v) is 9.45. The van der Waals surface area contributed by atoms with E-state index in [2.05, 4.69) is 42.0 Å². The van der Waals surface area contributed by atoms with Crippen molar-refractivity contribution in [3.05, 3.63) is 53.3 Å². The largest absolute Gasteiger partial charge is 0.458 e. The summed E-state index contributed by atoms with van der Waals surface area (Å²) in [6.45, 7) is 5.57. The fourth-order valence-electron chi connectivity index (χ4n) is 3.27. The first kappa shape index (κ1) is 18.4. The van der Waals surface area contributed by atoms with Crippen molar-refractivity contribution < 1.29 is 9.53 Å². The van der Waals surface area contributed by atoms with E-state index in [4.69, 9.17) is 4.74 Å². The van der Waals surface area contributed by atoms with E-state index in [0.717, 1.165) is 37.8 Å². The van der Waals surface area contributed by atoms with E-state index in [9.17, 15) is 4.79 Å². The molecule has 0 aliphatic carbocycles. The molecule has 1 aliphatic rings. The molecule has 1 aromatic carbocycles. The molecule has 1 atom stereocenters. The van der Waals surface area contributed by atoms with Gasteiger partial charge in [0.15, 0.2) is 0 Å². The Balaban J connectivity index is 1.51. The summed E-state index contributed by atoms with van der Waals surface area (Å²) in [5.41, 5.74) is 3.54. The molecule has 1 unspecified atom stereocenters. The number of piperidine rings is 1. The van der Waals surface area contributed by atoms with Gasteiger partial charge in [0.1, 0.15) is 6.10 Å². The Morgan fingerprint density at radius 1 is 1.27 bits per heavy atom. The summed E-state index contributed by atoms with van der Waals surface area (Å²) in [4.78, 5) is 23.0. The highest BCUT2D eigenvalue weighted by Gasteiger charge is 2.25. The van der Waals surface area contributed by atoms with Gasteiger partial charge in [0.25, 0.3) is 0 Å². The fraction of sp³-hybridized carbons (Fsp3) is 0.476. The first-order valence-electron chi connectivity index (χ1n) is 9.45. The van der Waals surface area contributed by atoms with Crippen LogP contribution in [-0.4, -0.2) is 40.0 Å². The summed E-state index contributed by atoms with van der Waals surface area (Å²) in [5, 5.41) is 0. The van der Waals surface area contributed by atoms with E-state index in [1.165, 1.54) is 11.1 Å². The van der Waals surface area contributed by atoms with Crippen molar-refractivity contribution in [1.29, 1.82) is 0 Å². The second-order valence-corrected chi connectivity index (χ2v) is 6.94. The first-order chi connectivity index (χ1) is 12.6. The van der Waals surface area contributed by atoms with Crippen LogP contribution in [0.3, 0.4) is 0 Å². The number of nitrogens with zero attached hydrogens (tertiary/aromatic N) is 3. The number of carbonyl (C=O) groups excluding carboxylic acids is 1. The van der Waals surface area contributed by atoms with E-state index in [1.807, 2.05) is 11.0 Å². The van der Waals surface area contributed by atoms with E-state index in [-0.39, 0.29) is 12.0 Å². The molecule has 0 radical (unpaired) electrons. The third-order valence-corrected chi connectivity index (χ3v) is 4.80. The number of likely N-dealkylation sites (tertiary alicyclic amines) is 1. The summed E-state index contributed by atoms with van der Waals surface area (Å²) in [6, 6.07) is 8.75. The highest BCUT2D eigenvalue weighted by molar-refractivity contribution is 5.76. The van der Waals surface area contributed by atoms with Crippen molar-refractivity contribution in [2.24, 2.45) is 0 Å². The molecule has 0 spiro atoms. The highest BCUT2D eigenvalue weighted by Crippen LogP contribution is 2.17. The van der Waals surface area contributed by atoms with Crippen LogP contribution < -0.4 is 4.74 Å². The predicted molar refractivity (Wildman–Crippen MR) is 101 cm³/mol. The van der Waals surface area contributed by atoms with Crippen LogP contribution in [0.5, 0.6) is 6.01 Å². The monoisotopic (exact) mass is 353 g/mol. The zero-order valence-electron chi connectivity index (χ0n) is 15.6. The van der Waals surface area contributed by atoms with Crippen LogP contribution in [0.4, 0.5) is 0 Å². The molecule has 138 valence electrons. The number of amides is 1. The molecular formula is C21H27N3O2. The predicted octanol–water partition coefficient (Wildman–Crippen LogP) is 3.35. The lowest BCUT2D eigenvalue weighted by Gasteiger charge is -2.32. The lowest BCUT2D eigenvalue weighted by Crippen LogP contribution is -2.44. The van der Waals surface area contributed by atoms with Crippen LogP contribution >= 0.6 is 0 Å². The molecule has 5 heteroatoms. The Morgan fingerprint density at radius 3 is 2.81 bits per heavy atom. The van der Waals surface area contributed by atoms with Gasteiger partial charge in [-0.3, -0.25) is 4.79 Å². The third-order valence-electron chi connectivity index (χ3n) is 4.80. The number of rotatable bonds is 6. The molecular weight excluding hydrogens is 326 g/mol. The maximum absolute atomic E-state index is 12.6. The van der Waals surface area contributed by atoms with Crippen LogP contribution in [0.25, 0.3) is 0 Å². The van der Waals surface area contributed by atoms with E-state index < -0.39 is 0 Å². The molecule has 1 fully saturated rings. The normalized spacial score (nSPS) is 17.2. The molecule has 2 heterocycles. The molecule has 1 saturated heterocycles. The Bertz CT molecular complexity index is 730. The second kappa shape index (κ2) is 8.79. The van der Waals surface area contributed by atoms with Gasteiger partial charge >= 0.3 is 6.01 Å². The molecule has 3 rings (SSSR count). The Morgan fingerprint density at radius 2 is 2.08 bits per heavy atom. The number of hydrogen-bond donors (Lipinski definition) is 0. The van der Waals surface area contributed by atoms with E-state index >= 15 is 0 Å². The van der Waals surface area contributed by atoms with Gasteiger partial charge in [-0.05, 0) is 43.7 Å². The third kappa shape index (κ3) is 5.04. The van der Waals surface area contributed by atoms with Crippen LogP contribution in [-0.2, 0) is 17.6 Å². The van der Waals surface area contributed by atoms with Gasteiger partial charge in [-0.15, -0.1) is 0 Å². The number of ether oxygens (including phenoxy) is 1. The lowest BCUT2D eigenvalue weighted by molar-refractivity contribution is -0.133. The zero-order valence-corrected chi connectivity index (χ0v) is 15.6. The number of hydrogen-bond acceptors (Lipinski definition) is 4. The van der Waals surface area contributed by atoms with Crippen molar-refractivity contribution in [2.45, 2.75) is 52.1 Å². The lowest BCUT2D eigenvalue weighted by atomic mass is 10.0. The van der Waals surface area contributed by atoms with Crippen molar-refractivity contribution in [3.8, 4) is 6.01 Å². The summed E-state index contributed by atoms with van der Waals surface area (Å²) in [5.74, 6) is 0.196. The van der Waals surface area contributed by atoms with E-state index in [1.54, 1.807) is 12.4 Å². The van der Waals surface area contributed by atoms with Gasteiger partial charge in [0, 0.05) is 25.4 Å². The molecule has 1 aliphatic heterocycles. The average Bonchev–Trinajstić information content (AvgIpc) is 2.67. The van der Waals surface area contributed by atoms with Crippen molar-refractivity contribution >= 4 is 5.91 Å². The zero-order chi connectivity index (χ0) is 18.4. The van der Waals surface area contributed by atoms with Gasteiger partial charge in [0.05, 0.1) is 6.54 Å².